The standard InChI is InChI=1S/C37H66O7/c1-3-4-5-6-7-11-14-17-20-31(39)33-22-24-35(43-33)36-25-23-34(44-36)32(40)21-18-15-12-9-8-10-13-16-19-30(38)27-29-26-28(2)42-37(29)41/h26,28,30-36,38-40H,3-25,27H2,1-2H3/t28-,30-,31-,32-,33-,34-,35+,36-/m1/s1. The van der Waals surface area contributed by atoms with Gasteiger partial charge in [-0.2, -0.15) is 0 Å². The first kappa shape index (κ1) is 37.5. The molecule has 2 saturated heterocycles. The van der Waals surface area contributed by atoms with Crippen LogP contribution in [0.15, 0.2) is 11.6 Å². The van der Waals surface area contributed by atoms with E-state index in [0.29, 0.717) is 12.0 Å². The Bertz CT molecular complexity index is 801. The van der Waals surface area contributed by atoms with Gasteiger partial charge < -0.3 is 29.5 Å². The number of carbonyl (C=O) groups excluding carboxylic acids is 1. The lowest BCUT2D eigenvalue weighted by atomic mass is 10.00. The Morgan fingerprint density at radius 1 is 0.659 bits per heavy atom. The maximum absolute atomic E-state index is 11.7. The number of hydrogen-bond donors (Lipinski definition) is 3. The zero-order chi connectivity index (χ0) is 31.6. The highest BCUT2D eigenvalue weighted by atomic mass is 16.6. The van der Waals surface area contributed by atoms with Crippen molar-refractivity contribution < 1.29 is 34.3 Å². The lowest BCUT2D eigenvalue weighted by molar-refractivity contribution is -0.139. The van der Waals surface area contributed by atoms with Crippen molar-refractivity contribution >= 4 is 5.97 Å². The van der Waals surface area contributed by atoms with E-state index >= 15 is 0 Å². The van der Waals surface area contributed by atoms with Crippen LogP contribution in [0.25, 0.3) is 0 Å². The van der Waals surface area contributed by atoms with Crippen molar-refractivity contribution in [1.82, 2.24) is 0 Å². The molecule has 0 radical (unpaired) electrons. The van der Waals surface area contributed by atoms with Crippen LogP contribution in [0, 0.1) is 0 Å². The summed E-state index contributed by atoms with van der Waals surface area (Å²) in [5, 5.41) is 31.6. The lowest BCUT2D eigenvalue weighted by Gasteiger charge is -2.24. The van der Waals surface area contributed by atoms with Gasteiger partial charge >= 0.3 is 5.97 Å². The molecule has 3 heterocycles. The Morgan fingerprint density at radius 3 is 1.52 bits per heavy atom. The van der Waals surface area contributed by atoms with E-state index in [0.717, 1.165) is 77.0 Å². The summed E-state index contributed by atoms with van der Waals surface area (Å²) >= 11 is 0. The molecule has 44 heavy (non-hydrogen) atoms. The predicted molar refractivity (Wildman–Crippen MR) is 175 cm³/mol. The SMILES string of the molecule is CCCCCCCCCC[C@@H](O)[C@H]1CC[C@@H]([C@H]2CC[C@H]([C@H](O)CCCCCCCCCC[C@@H](O)CC3=C[C@@H](C)OC3=O)O2)O1. The number of unbranched alkanes of at least 4 members (excludes halogenated alkanes) is 14. The van der Waals surface area contributed by atoms with E-state index in [1.165, 1.54) is 70.6 Å². The average Bonchev–Trinajstić information content (AvgIpc) is 3.75. The van der Waals surface area contributed by atoms with Crippen LogP contribution >= 0.6 is 0 Å². The molecule has 2 fully saturated rings. The lowest BCUT2D eigenvalue weighted by Crippen LogP contribution is -2.33. The molecular weight excluding hydrogens is 556 g/mol. The molecule has 0 spiro atoms. The maximum atomic E-state index is 11.7. The average molecular weight is 623 g/mol. The molecule has 0 aromatic carbocycles. The van der Waals surface area contributed by atoms with Crippen molar-refractivity contribution in [2.45, 2.75) is 217 Å². The third kappa shape index (κ3) is 14.2. The third-order valence-electron chi connectivity index (χ3n) is 10.0. The molecule has 8 atom stereocenters. The van der Waals surface area contributed by atoms with Crippen LogP contribution in [0.1, 0.15) is 168 Å². The van der Waals surface area contributed by atoms with Crippen LogP contribution in [0.5, 0.6) is 0 Å². The Hall–Kier alpha value is -0.990. The third-order valence-corrected chi connectivity index (χ3v) is 10.0. The highest BCUT2D eigenvalue weighted by molar-refractivity contribution is 5.90. The summed E-state index contributed by atoms with van der Waals surface area (Å²) in [6.07, 6.45) is 26.1. The van der Waals surface area contributed by atoms with Gasteiger partial charge in [-0.3, -0.25) is 0 Å². The molecule has 7 heteroatoms. The fraction of sp³-hybridized carbons (Fsp3) is 0.919. The highest BCUT2D eigenvalue weighted by Crippen LogP contribution is 2.34. The van der Waals surface area contributed by atoms with Crippen molar-refractivity contribution in [3.8, 4) is 0 Å². The van der Waals surface area contributed by atoms with E-state index < -0.39 is 12.2 Å². The van der Waals surface area contributed by atoms with Gasteiger partial charge in [-0.25, -0.2) is 4.79 Å². The first-order valence-corrected chi connectivity index (χ1v) is 18.6. The van der Waals surface area contributed by atoms with Gasteiger partial charge in [0.15, 0.2) is 0 Å². The molecule has 3 rings (SSSR count). The molecule has 3 aliphatic rings. The summed E-state index contributed by atoms with van der Waals surface area (Å²) < 4.78 is 17.7. The molecule has 0 aromatic heterocycles. The van der Waals surface area contributed by atoms with E-state index in [9.17, 15) is 20.1 Å². The number of aliphatic hydroxyl groups excluding tert-OH is 3. The van der Waals surface area contributed by atoms with E-state index in [4.69, 9.17) is 14.2 Å². The van der Waals surface area contributed by atoms with Crippen molar-refractivity contribution in [2.24, 2.45) is 0 Å². The Labute approximate surface area is 268 Å². The van der Waals surface area contributed by atoms with Gasteiger partial charge in [0, 0.05) is 12.0 Å². The van der Waals surface area contributed by atoms with Crippen molar-refractivity contribution in [2.75, 3.05) is 0 Å². The Morgan fingerprint density at radius 2 is 1.09 bits per heavy atom. The zero-order valence-electron chi connectivity index (χ0n) is 28.1. The summed E-state index contributed by atoms with van der Waals surface area (Å²) in [6, 6.07) is 0. The second kappa shape index (κ2) is 21.7. The minimum Gasteiger partial charge on any atom is -0.455 e. The first-order valence-electron chi connectivity index (χ1n) is 18.6. The molecule has 0 bridgehead atoms. The molecule has 0 aliphatic carbocycles. The fourth-order valence-electron chi connectivity index (χ4n) is 7.28. The molecule has 0 amide bonds. The minimum atomic E-state index is -0.463. The molecule has 0 aromatic rings. The summed E-state index contributed by atoms with van der Waals surface area (Å²) in [5.74, 6) is -0.281. The molecule has 256 valence electrons. The monoisotopic (exact) mass is 622 g/mol. The van der Waals surface area contributed by atoms with E-state index in [1.807, 2.05) is 13.0 Å². The number of cyclic esters (lactones) is 1. The largest absolute Gasteiger partial charge is 0.455 e. The van der Waals surface area contributed by atoms with Crippen molar-refractivity contribution in [3.63, 3.8) is 0 Å². The summed E-state index contributed by atoms with van der Waals surface area (Å²) in [7, 11) is 0. The predicted octanol–water partition coefficient (Wildman–Crippen LogP) is 7.86. The number of esters is 1. The number of hydrogen-bond acceptors (Lipinski definition) is 7. The van der Waals surface area contributed by atoms with Crippen LogP contribution < -0.4 is 0 Å². The van der Waals surface area contributed by atoms with Gasteiger partial charge in [-0.15, -0.1) is 0 Å². The van der Waals surface area contributed by atoms with Crippen LogP contribution in [0.2, 0.25) is 0 Å². The van der Waals surface area contributed by atoms with Gasteiger partial charge in [-0.05, 0) is 57.9 Å². The van der Waals surface area contributed by atoms with Gasteiger partial charge in [0.1, 0.15) is 6.10 Å². The quantitative estimate of drug-likeness (QED) is 0.0703. The van der Waals surface area contributed by atoms with Crippen LogP contribution in [0.4, 0.5) is 0 Å². The number of aliphatic hydroxyl groups is 3. The minimum absolute atomic E-state index is 0.0519. The van der Waals surface area contributed by atoms with Gasteiger partial charge in [0.05, 0.1) is 42.7 Å². The summed E-state index contributed by atoms with van der Waals surface area (Å²) in [6.45, 7) is 4.09. The van der Waals surface area contributed by atoms with Crippen molar-refractivity contribution in [1.29, 1.82) is 0 Å². The van der Waals surface area contributed by atoms with E-state index in [2.05, 4.69) is 6.92 Å². The van der Waals surface area contributed by atoms with E-state index in [-0.39, 0.29) is 42.6 Å². The van der Waals surface area contributed by atoms with Gasteiger partial charge in [0.2, 0.25) is 0 Å². The van der Waals surface area contributed by atoms with Crippen molar-refractivity contribution in [3.05, 3.63) is 11.6 Å². The number of ether oxygens (including phenoxy) is 3. The van der Waals surface area contributed by atoms with Gasteiger partial charge in [-0.1, -0.05) is 110 Å². The van der Waals surface area contributed by atoms with Crippen LogP contribution in [-0.2, 0) is 19.0 Å². The second-order valence-electron chi connectivity index (χ2n) is 14.0. The van der Waals surface area contributed by atoms with E-state index in [1.54, 1.807) is 0 Å². The number of rotatable bonds is 25. The molecule has 7 nitrogen and oxygen atoms in total. The van der Waals surface area contributed by atoms with Crippen LogP contribution in [0.3, 0.4) is 0 Å². The molecule has 0 saturated carbocycles. The Kier molecular flexibility index (Phi) is 18.5. The fourth-order valence-corrected chi connectivity index (χ4v) is 7.28. The molecular formula is C37H66O7. The number of carbonyl (C=O) groups is 1. The first-order chi connectivity index (χ1) is 21.4. The molecule has 3 N–H and O–H groups in total. The summed E-state index contributed by atoms with van der Waals surface area (Å²) in [5.41, 5.74) is 0.617. The summed E-state index contributed by atoms with van der Waals surface area (Å²) in [4.78, 5) is 11.7. The normalized spacial score (nSPS) is 27.4. The smallest absolute Gasteiger partial charge is 0.334 e. The maximum Gasteiger partial charge on any atom is 0.334 e. The molecule has 3 aliphatic heterocycles. The topological polar surface area (TPSA) is 105 Å². The Balaban J connectivity index is 1.13. The van der Waals surface area contributed by atoms with Crippen LogP contribution in [-0.4, -0.2) is 70.1 Å². The highest BCUT2D eigenvalue weighted by Gasteiger charge is 2.40. The van der Waals surface area contributed by atoms with Gasteiger partial charge in [0.25, 0.3) is 0 Å². The zero-order valence-corrected chi connectivity index (χ0v) is 28.1. The second-order valence-corrected chi connectivity index (χ2v) is 14.0. The molecule has 0 unspecified atom stereocenters.